The molecule has 0 N–H and O–H groups in total. The maximum Gasteiger partial charge on any atom is 0.00576 e. The molecule has 0 bridgehead atoms. The van der Waals surface area contributed by atoms with Gasteiger partial charge in [0.05, 0.1) is 0 Å². The van der Waals surface area contributed by atoms with Gasteiger partial charge >= 0.3 is 0 Å². The van der Waals surface area contributed by atoms with Crippen LogP contribution >= 0.6 is 0 Å². The number of terminal acetylenes is 1. The van der Waals surface area contributed by atoms with E-state index in [1.54, 1.807) is 0 Å². The predicted octanol–water partition coefficient (Wildman–Crippen LogP) is 3.62. The topological polar surface area (TPSA) is 0 Å². The maximum absolute atomic E-state index is 4.78. The second kappa shape index (κ2) is 15.8. The third-order valence-corrected chi connectivity index (χ3v) is 1.16. The fraction of sp³-hybridized carbons (Fsp3) is 0.800. The summed E-state index contributed by atoms with van der Waals surface area (Å²) in [7, 11) is 0. The highest BCUT2D eigenvalue weighted by Crippen LogP contribution is 1.95. The van der Waals surface area contributed by atoms with Crippen molar-refractivity contribution in [3.8, 4) is 12.3 Å². The van der Waals surface area contributed by atoms with E-state index in [0.717, 1.165) is 6.42 Å². The molecule has 0 aliphatic carbocycles. The number of unbranched alkanes of at least 4 members (excludes halogenated alkanes) is 3. The van der Waals surface area contributed by atoms with Crippen molar-refractivity contribution in [1.82, 2.24) is 0 Å². The zero-order chi connectivity index (χ0) is 8.24. The molecule has 0 saturated carbocycles. The minimum atomic E-state index is 0.847. The second-order valence-corrected chi connectivity index (χ2v) is 2.26. The molecule has 0 aromatic heterocycles. The van der Waals surface area contributed by atoms with E-state index < -0.39 is 0 Å². The van der Waals surface area contributed by atoms with Gasteiger partial charge < -0.3 is 0 Å². The zero-order valence-electron chi connectivity index (χ0n) is 7.61. The second-order valence-electron chi connectivity index (χ2n) is 2.26. The number of hydrogen-bond donors (Lipinski definition) is 0. The third kappa shape index (κ3) is 25.7. The maximum atomic E-state index is 4.78. The van der Waals surface area contributed by atoms with E-state index in [1.165, 1.54) is 25.7 Å². The Bertz CT molecular complexity index is 62.6. The first-order valence-electron chi connectivity index (χ1n) is 4.26. The molecule has 0 amide bonds. The molecule has 0 unspecified atom stereocenters. The van der Waals surface area contributed by atoms with Gasteiger partial charge in [0, 0.05) is 6.42 Å². The van der Waals surface area contributed by atoms with Gasteiger partial charge in [0.1, 0.15) is 0 Å². The van der Waals surface area contributed by atoms with Crippen molar-refractivity contribution in [3.05, 3.63) is 0 Å². The fourth-order valence-electron chi connectivity index (χ4n) is 0.500. The van der Waals surface area contributed by atoms with Gasteiger partial charge in [-0.25, -0.2) is 0 Å². The summed E-state index contributed by atoms with van der Waals surface area (Å²) in [5.74, 6) is 2.43. The summed E-state index contributed by atoms with van der Waals surface area (Å²) in [4.78, 5) is 0. The van der Waals surface area contributed by atoms with Crippen LogP contribution in [-0.4, -0.2) is 0 Å². The summed E-state index contributed by atoms with van der Waals surface area (Å²) in [5, 5.41) is 0. The Labute approximate surface area is 66.0 Å². The van der Waals surface area contributed by atoms with Crippen molar-refractivity contribution in [2.75, 3.05) is 0 Å². The quantitative estimate of drug-likeness (QED) is 0.415. The minimum Gasteiger partial charge on any atom is -0.120 e. The number of rotatable bonds is 3. The average Bonchev–Trinajstić information content (AvgIpc) is 2.01. The van der Waals surface area contributed by atoms with E-state index in [0.29, 0.717) is 0 Å². The summed E-state index contributed by atoms with van der Waals surface area (Å²) >= 11 is 0. The molecule has 0 fully saturated rings. The molecule has 0 aliphatic heterocycles. The first-order valence-corrected chi connectivity index (χ1v) is 4.26. The highest BCUT2D eigenvalue weighted by atomic mass is 13.8. The van der Waals surface area contributed by atoms with Crippen LogP contribution in [0.25, 0.3) is 0 Å². The molecule has 0 nitrogen and oxygen atoms in total. The van der Waals surface area contributed by atoms with E-state index in [9.17, 15) is 0 Å². The smallest absolute Gasteiger partial charge is 0.00576 e. The SMILES string of the molecule is C#CCC.CCCCCC. The molecule has 0 heteroatoms. The summed E-state index contributed by atoms with van der Waals surface area (Å²) in [5.41, 5.74) is 0. The van der Waals surface area contributed by atoms with Gasteiger partial charge in [-0.2, -0.15) is 0 Å². The Morgan fingerprint density at radius 3 is 1.40 bits per heavy atom. The van der Waals surface area contributed by atoms with E-state index in [-0.39, 0.29) is 0 Å². The summed E-state index contributed by atoms with van der Waals surface area (Å²) in [6.45, 7) is 6.41. The zero-order valence-corrected chi connectivity index (χ0v) is 7.61. The molecule has 0 radical (unpaired) electrons. The number of hydrogen-bond acceptors (Lipinski definition) is 0. The lowest BCUT2D eigenvalue weighted by Crippen LogP contribution is -1.66. The Balaban J connectivity index is 0. The molecule has 0 aliphatic rings. The van der Waals surface area contributed by atoms with Crippen LogP contribution < -0.4 is 0 Å². The van der Waals surface area contributed by atoms with Crippen molar-refractivity contribution in [1.29, 1.82) is 0 Å². The Kier molecular flexibility index (Phi) is 19.4. The van der Waals surface area contributed by atoms with Crippen LogP contribution in [0, 0.1) is 12.3 Å². The normalized spacial score (nSPS) is 7.40. The van der Waals surface area contributed by atoms with Gasteiger partial charge in [-0.1, -0.05) is 46.5 Å². The van der Waals surface area contributed by atoms with E-state index in [1.807, 2.05) is 6.92 Å². The van der Waals surface area contributed by atoms with Crippen LogP contribution in [0.15, 0.2) is 0 Å². The monoisotopic (exact) mass is 140 g/mol. The van der Waals surface area contributed by atoms with Crippen LogP contribution in [0.4, 0.5) is 0 Å². The van der Waals surface area contributed by atoms with Crippen LogP contribution in [0.1, 0.15) is 52.9 Å². The van der Waals surface area contributed by atoms with E-state index in [4.69, 9.17) is 6.42 Å². The van der Waals surface area contributed by atoms with Crippen LogP contribution in [0.3, 0.4) is 0 Å². The molecular formula is C10H20. The molecule has 0 aromatic rings. The molecule has 0 aromatic carbocycles. The lowest BCUT2D eigenvalue weighted by molar-refractivity contribution is 0.702. The molecule has 60 valence electrons. The van der Waals surface area contributed by atoms with Crippen LogP contribution in [0.2, 0.25) is 0 Å². The van der Waals surface area contributed by atoms with Crippen molar-refractivity contribution >= 4 is 0 Å². The van der Waals surface area contributed by atoms with Crippen molar-refractivity contribution in [2.24, 2.45) is 0 Å². The lowest BCUT2D eigenvalue weighted by Gasteiger charge is -1.86. The molecule has 0 saturated heterocycles. The first-order chi connectivity index (χ1) is 4.83. The Hall–Kier alpha value is -0.440. The molecule has 10 heavy (non-hydrogen) atoms. The van der Waals surface area contributed by atoms with E-state index in [2.05, 4.69) is 19.8 Å². The van der Waals surface area contributed by atoms with Gasteiger partial charge in [0.25, 0.3) is 0 Å². The van der Waals surface area contributed by atoms with Crippen molar-refractivity contribution in [2.45, 2.75) is 52.9 Å². The van der Waals surface area contributed by atoms with Gasteiger partial charge in [0.2, 0.25) is 0 Å². The van der Waals surface area contributed by atoms with Crippen LogP contribution in [-0.2, 0) is 0 Å². The molecule has 0 atom stereocenters. The largest absolute Gasteiger partial charge is 0.120 e. The third-order valence-electron chi connectivity index (χ3n) is 1.16. The highest BCUT2D eigenvalue weighted by molar-refractivity contribution is 4.80. The lowest BCUT2D eigenvalue weighted by atomic mass is 10.2. The average molecular weight is 140 g/mol. The summed E-state index contributed by atoms with van der Waals surface area (Å²) in [6.07, 6.45) is 11.2. The van der Waals surface area contributed by atoms with Gasteiger partial charge in [-0.05, 0) is 0 Å². The standard InChI is InChI=1S/C6H14.C4H6/c1-3-5-6-4-2;1-3-4-2/h3-6H2,1-2H3;1H,4H2,2H3. The van der Waals surface area contributed by atoms with Gasteiger partial charge in [-0.15, -0.1) is 12.3 Å². The molecule has 0 heterocycles. The van der Waals surface area contributed by atoms with Gasteiger partial charge in [-0.3, -0.25) is 0 Å². The van der Waals surface area contributed by atoms with Crippen LogP contribution in [0.5, 0.6) is 0 Å². The first kappa shape index (κ1) is 12.3. The highest BCUT2D eigenvalue weighted by Gasteiger charge is 1.75. The van der Waals surface area contributed by atoms with E-state index >= 15 is 0 Å². The minimum absolute atomic E-state index is 0.847. The molecular weight excluding hydrogens is 120 g/mol. The molecule has 0 rings (SSSR count). The van der Waals surface area contributed by atoms with Crippen molar-refractivity contribution in [3.63, 3.8) is 0 Å². The Morgan fingerprint density at radius 1 is 1.00 bits per heavy atom. The summed E-state index contributed by atoms with van der Waals surface area (Å²) < 4.78 is 0. The fourth-order valence-corrected chi connectivity index (χ4v) is 0.500. The molecule has 0 spiro atoms. The Morgan fingerprint density at radius 2 is 1.30 bits per heavy atom. The van der Waals surface area contributed by atoms with Gasteiger partial charge in [0.15, 0.2) is 0 Å². The summed E-state index contributed by atoms with van der Waals surface area (Å²) in [6, 6.07) is 0. The van der Waals surface area contributed by atoms with Crippen molar-refractivity contribution < 1.29 is 0 Å². The predicted molar refractivity (Wildman–Crippen MR) is 48.9 cm³/mol.